The van der Waals surface area contributed by atoms with Gasteiger partial charge in [-0.1, -0.05) is 35.3 Å². The predicted molar refractivity (Wildman–Crippen MR) is 114 cm³/mol. The molecule has 0 aliphatic carbocycles. The molecule has 0 atom stereocenters. The zero-order valence-electron chi connectivity index (χ0n) is 16.7. The molecule has 0 unspecified atom stereocenters. The van der Waals surface area contributed by atoms with Gasteiger partial charge in [0, 0.05) is 18.7 Å². The van der Waals surface area contributed by atoms with Crippen LogP contribution in [0.25, 0.3) is 22.6 Å². The van der Waals surface area contributed by atoms with Crippen LogP contribution in [0.2, 0.25) is 10.2 Å². The normalized spacial score (nSPS) is 14.1. The van der Waals surface area contributed by atoms with E-state index in [1.165, 1.54) is 0 Å². The van der Waals surface area contributed by atoms with Crippen LogP contribution in [0.4, 0.5) is 0 Å². The van der Waals surface area contributed by atoms with Gasteiger partial charge in [0.05, 0.1) is 11.1 Å². The first-order valence-electron chi connectivity index (χ1n) is 9.20. The van der Waals surface area contributed by atoms with Gasteiger partial charge in [-0.2, -0.15) is 0 Å². The van der Waals surface area contributed by atoms with Crippen molar-refractivity contribution in [1.82, 2.24) is 24.8 Å². The third-order valence-electron chi connectivity index (χ3n) is 4.25. The number of benzene rings is 1. The highest BCUT2D eigenvalue weighted by molar-refractivity contribution is 6.34. The minimum atomic E-state index is -0.318. The van der Waals surface area contributed by atoms with Crippen molar-refractivity contribution in [1.29, 1.82) is 0 Å². The lowest BCUT2D eigenvalue weighted by molar-refractivity contribution is -0.138. The Morgan fingerprint density at radius 2 is 1.86 bits per heavy atom. The minimum Gasteiger partial charge on any atom is -0.462 e. The van der Waals surface area contributed by atoms with Crippen LogP contribution in [0, 0.1) is 6.92 Å². The summed E-state index contributed by atoms with van der Waals surface area (Å²) in [6, 6.07) is 7.96. The fourth-order valence-electron chi connectivity index (χ4n) is 2.82. The molecule has 1 fully saturated rings. The number of rotatable bonds is 3. The first kappa shape index (κ1) is 21.5. The third kappa shape index (κ3) is 4.86. The molecule has 2 aromatic heterocycles. The number of aromatic nitrogens is 4. The number of aryl methyl sites for hydroxylation is 1. The van der Waals surface area contributed by atoms with Gasteiger partial charge in [-0.05, 0) is 39.8 Å². The largest absolute Gasteiger partial charge is 0.462 e. The highest BCUT2D eigenvalue weighted by atomic mass is 35.5. The van der Waals surface area contributed by atoms with Crippen molar-refractivity contribution in [2.45, 2.75) is 39.3 Å². The van der Waals surface area contributed by atoms with E-state index >= 15 is 0 Å². The van der Waals surface area contributed by atoms with Gasteiger partial charge >= 0.3 is 0 Å². The van der Waals surface area contributed by atoms with Gasteiger partial charge in [0.2, 0.25) is 0 Å². The molecule has 9 heteroatoms. The lowest BCUT2D eigenvalue weighted by Gasteiger charge is -2.30. The summed E-state index contributed by atoms with van der Waals surface area (Å²) in [6.07, 6.45) is 0. The average Bonchev–Trinajstić information content (AvgIpc) is 2.93. The second-order valence-electron chi connectivity index (χ2n) is 7.66. The monoisotopic (exact) mass is 435 g/mol. The highest BCUT2D eigenvalue weighted by Crippen LogP contribution is 2.34. The van der Waals surface area contributed by atoms with Crippen molar-refractivity contribution in [3.05, 3.63) is 40.3 Å². The number of nitrogens with zero attached hydrogens (tertiary/aromatic N) is 4. The Bertz CT molecular complexity index is 1030. The van der Waals surface area contributed by atoms with E-state index in [9.17, 15) is 4.79 Å². The molecule has 3 heterocycles. The van der Waals surface area contributed by atoms with Crippen LogP contribution in [-0.4, -0.2) is 44.7 Å². The summed E-state index contributed by atoms with van der Waals surface area (Å²) in [5.41, 5.74) is 1.94. The molecule has 0 saturated carbocycles. The lowest BCUT2D eigenvalue weighted by Crippen LogP contribution is -2.43. The van der Waals surface area contributed by atoms with E-state index in [0.29, 0.717) is 34.0 Å². The molecule has 29 heavy (non-hydrogen) atoms. The number of fused-ring (bicyclic) bond motifs is 1. The van der Waals surface area contributed by atoms with Crippen molar-refractivity contribution in [2.75, 3.05) is 13.1 Å². The molecule has 7 nitrogen and oxygen atoms in total. The van der Waals surface area contributed by atoms with Gasteiger partial charge in [-0.25, -0.2) is 15.0 Å². The number of hydrogen-bond donors (Lipinski definition) is 1. The number of hydrogen-bond acceptors (Lipinski definition) is 6. The van der Waals surface area contributed by atoms with Gasteiger partial charge < -0.3 is 14.6 Å². The van der Waals surface area contributed by atoms with Crippen molar-refractivity contribution in [3.63, 3.8) is 0 Å². The Kier molecular flexibility index (Phi) is 6.41. The van der Waals surface area contributed by atoms with E-state index in [-0.39, 0.29) is 5.60 Å². The molecule has 0 radical (unpaired) electrons. The maximum absolute atomic E-state index is 9.60. The Labute approximate surface area is 179 Å². The van der Waals surface area contributed by atoms with Crippen LogP contribution in [0.3, 0.4) is 0 Å². The standard InChI is InChI=1S/C15H13Cl2N5.C5H10O2/c1-8-19-13(17)12-15(20-8)22(9-6-18-7-9)14(21-12)10-4-2-3-5-11(10)16;1-5(2,3)7-4-6/h2-5,9,18H,6-7H2,1H3;4H,1-3H3. The summed E-state index contributed by atoms with van der Waals surface area (Å²) in [5.74, 6) is 1.42. The van der Waals surface area contributed by atoms with Crippen LogP contribution in [-0.2, 0) is 9.53 Å². The summed E-state index contributed by atoms with van der Waals surface area (Å²) in [4.78, 5) is 23.0. The summed E-state index contributed by atoms with van der Waals surface area (Å²) >= 11 is 12.6. The van der Waals surface area contributed by atoms with E-state index in [1.54, 1.807) is 0 Å². The van der Waals surface area contributed by atoms with Crippen molar-refractivity contribution < 1.29 is 9.53 Å². The molecule has 154 valence electrons. The molecule has 0 amide bonds. The second-order valence-corrected chi connectivity index (χ2v) is 8.42. The van der Waals surface area contributed by atoms with Crippen LogP contribution < -0.4 is 5.32 Å². The molecule has 4 rings (SSSR count). The average molecular weight is 436 g/mol. The molecule has 0 bridgehead atoms. The number of imidazole rings is 1. The van der Waals surface area contributed by atoms with Crippen molar-refractivity contribution >= 4 is 40.8 Å². The molecule has 3 aromatic rings. The van der Waals surface area contributed by atoms with Crippen LogP contribution >= 0.6 is 23.2 Å². The van der Waals surface area contributed by atoms with Crippen LogP contribution in [0.15, 0.2) is 24.3 Å². The minimum absolute atomic E-state index is 0.293. The molecule has 1 aromatic carbocycles. The summed E-state index contributed by atoms with van der Waals surface area (Å²) in [6.45, 7) is 9.51. The molecule has 1 N–H and O–H groups in total. The topological polar surface area (TPSA) is 81.9 Å². The summed E-state index contributed by atoms with van der Waals surface area (Å²) < 4.78 is 6.67. The summed E-state index contributed by atoms with van der Waals surface area (Å²) in [5, 5.41) is 4.31. The smallest absolute Gasteiger partial charge is 0.293 e. The molecule has 1 aliphatic rings. The van der Waals surface area contributed by atoms with Crippen LogP contribution in [0.5, 0.6) is 0 Å². The van der Waals surface area contributed by atoms with Crippen molar-refractivity contribution in [3.8, 4) is 11.4 Å². The van der Waals surface area contributed by atoms with E-state index in [1.807, 2.05) is 52.0 Å². The molecule has 0 spiro atoms. The Morgan fingerprint density at radius 1 is 1.17 bits per heavy atom. The molecular weight excluding hydrogens is 413 g/mol. The predicted octanol–water partition coefficient (Wildman–Crippen LogP) is 4.21. The van der Waals surface area contributed by atoms with E-state index < -0.39 is 0 Å². The van der Waals surface area contributed by atoms with Gasteiger partial charge in [0.25, 0.3) is 6.47 Å². The van der Waals surface area contributed by atoms with Crippen molar-refractivity contribution in [2.24, 2.45) is 0 Å². The second kappa shape index (κ2) is 8.65. The molecule has 1 aliphatic heterocycles. The van der Waals surface area contributed by atoms with E-state index in [4.69, 9.17) is 23.2 Å². The Hall–Kier alpha value is -2.22. The SMILES string of the molecule is CC(C)(C)OC=O.Cc1nc(Cl)c2nc(-c3ccccc3Cl)n(C3CNC3)c2n1. The number of nitrogens with one attached hydrogen (secondary N) is 1. The van der Waals surface area contributed by atoms with Crippen LogP contribution in [0.1, 0.15) is 32.6 Å². The first-order valence-corrected chi connectivity index (χ1v) is 9.96. The Balaban J connectivity index is 0.000000298. The first-order chi connectivity index (χ1) is 13.7. The summed E-state index contributed by atoms with van der Waals surface area (Å²) in [7, 11) is 0. The number of carbonyl (C=O) groups excluding carboxylic acids is 1. The van der Waals surface area contributed by atoms with Gasteiger partial charge in [-0.3, -0.25) is 4.79 Å². The maximum atomic E-state index is 9.60. The molecule has 1 saturated heterocycles. The number of carbonyl (C=O) groups is 1. The van der Waals surface area contributed by atoms with Gasteiger partial charge in [0.15, 0.2) is 10.8 Å². The van der Waals surface area contributed by atoms with E-state index in [2.05, 4.69) is 29.6 Å². The van der Waals surface area contributed by atoms with Gasteiger partial charge in [0.1, 0.15) is 22.8 Å². The lowest BCUT2D eigenvalue weighted by atomic mass is 10.1. The number of halogens is 2. The zero-order valence-corrected chi connectivity index (χ0v) is 18.3. The van der Waals surface area contributed by atoms with E-state index in [0.717, 1.165) is 30.1 Å². The van der Waals surface area contributed by atoms with Gasteiger partial charge in [-0.15, -0.1) is 0 Å². The molecular formula is C20H23Cl2N5O2. The maximum Gasteiger partial charge on any atom is 0.293 e. The third-order valence-corrected chi connectivity index (χ3v) is 4.84. The Morgan fingerprint density at radius 3 is 2.38 bits per heavy atom. The zero-order chi connectivity index (χ0) is 21.2. The highest BCUT2D eigenvalue weighted by Gasteiger charge is 2.27. The quantitative estimate of drug-likeness (QED) is 0.489. The fraction of sp³-hybridized carbons (Fsp3) is 0.400. The fourth-order valence-corrected chi connectivity index (χ4v) is 3.29. The number of ether oxygens (including phenoxy) is 1.